The van der Waals surface area contributed by atoms with Gasteiger partial charge in [-0.2, -0.15) is 0 Å². The summed E-state index contributed by atoms with van der Waals surface area (Å²) in [5.41, 5.74) is 0. The molecule has 0 aliphatic carbocycles. The van der Waals surface area contributed by atoms with Crippen molar-refractivity contribution in [2.45, 2.75) is 0 Å². The molecule has 0 atom stereocenters. The zero-order valence-corrected chi connectivity index (χ0v) is 12.1. The van der Waals surface area contributed by atoms with Gasteiger partial charge in [0.25, 0.3) is 0 Å². The molecule has 1 heterocycles. The molecule has 1 aliphatic heterocycles. The Morgan fingerprint density at radius 1 is 0.727 bits per heavy atom. The van der Waals surface area contributed by atoms with Crippen molar-refractivity contribution in [1.29, 1.82) is 0 Å². The van der Waals surface area contributed by atoms with Crippen molar-refractivity contribution in [3.05, 3.63) is 10.4 Å². The molecule has 0 bridgehead atoms. The monoisotopic (exact) mass is 315 g/mol. The molecular formula is C11H19N6O5-. The fourth-order valence-electron chi connectivity index (χ4n) is 1.99. The number of hydrogen-bond acceptors (Lipinski definition) is 6. The van der Waals surface area contributed by atoms with E-state index in [4.69, 9.17) is 0 Å². The van der Waals surface area contributed by atoms with E-state index in [1.807, 2.05) is 0 Å². The third-order valence-corrected chi connectivity index (χ3v) is 3.40. The highest BCUT2D eigenvalue weighted by atomic mass is 16.6. The SMILES string of the molecule is O=CN1CCN(C=O)CCN(/[N+]([O-])=N/[O-])CCN(C=O)CC1. The lowest BCUT2D eigenvalue weighted by atomic mass is 10.4. The number of nitrogens with zero attached hydrogens (tertiary/aromatic N) is 6. The summed E-state index contributed by atoms with van der Waals surface area (Å²) >= 11 is 0. The Morgan fingerprint density at radius 3 is 1.32 bits per heavy atom. The van der Waals surface area contributed by atoms with E-state index < -0.39 is 0 Å². The molecule has 3 amide bonds. The van der Waals surface area contributed by atoms with Gasteiger partial charge in [0.15, 0.2) is 0 Å². The summed E-state index contributed by atoms with van der Waals surface area (Å²) in [6.45, 7) is 1.83. The number of hydrazine groups is 1. The highest BCUT2D eigenvalue weighted by Crippen LogP contribution is 1.98. The molecule has 0 spiro atoms. The Kier molecular flexibility index (Phi) is 7.43. The highest BCUT2D eigenvalue weighted by Gasteiger charge is 2.17. The van der Waals surface area contributed by atoms with Gasteiger partial charge in [-0.1, -0.05) is 0 Å². The maximum Gasteiger partial charge on any atom is 0.209 e. The van der Waals surface area contributed by atoms with Gasteiger partial charge in [-0.15, -0.1) is 5.01 Å². The largest absolute Gasteiger partial charge is 0.737 e. The molecule has 1 fully saturated rings. The molecule has 0 aromatic heterocycles. The Balaban J connectivity index is 2.79. The van der Waals surface area contributed by atoms with Gasteiger partial charge in [-0.25, -0.2) is 0 Å². The minimum absolute atomic E-state index is 0.0878. The van der Waals surface area contributed by atoms with Crippen LogP contribution in [-0.2, 0) is 14.4 Å². The quantitative estimate of drug-likeness (QED) is 0.257. The predicted molar refractivity (Wildman–Crippen MR) is 73.9 cm³/mol. The maximum atomic E-state index is 11.4. The normalized spacial score (nSPS) is 19.2. The van der Waals surface area contributed by atoms with Gasteiger partial charge in [-0.3, -0.25) is 14.4 Å². The van der Waals surface area contributed by atoms with Gasteiger partial charge in [0.2, 0.25) is 19.2 Å². The predicted octanol–water partition coefficient (Wildman–Crippen LogP) is -1.95. The van der Waals surface area contributed by atoms with Crippen LogP contribution in [0.4, 0.5) is 0 Å². The molecule has 0 aromatic rings. The highest BCUT2D eigenvalue weighted by molar-refractivity contribution is 5.49. The second kappa shape index (κ2) is 9.37. The summed E-state index contributed by atoms with van der Waals surface area (Å²) in [5, 5.41) is 25.1. The molecule has 1 saturated heterocycles. The van der Waals surface area contributed by atoms with Gasteiger partial charge in [0, 0.05) is 44.2 Å². The smallest absolute Gasteiger partial charge is 0.209 e. The van der Waals surface area contributed by atoms with Crippen LogP contribution in [0, 0.1) is 10.4 Å². The first-order valence-corrected chi connectivity index (χ1v) is 6.78. The maximum absolute atomic E-state index is 11.4. The van der Waals surface area contributed by atoms with Crippen LogP contribution in [0.3, 0.4) is 0 Å². The first-order chi connectivity index (χ1) is 10.6. The van der Waals surface area contributed by atoms with Gasteiger partial charge >= 0.3 is 0 Å². The van der Waals surface area contributed by atoms with E-state index in [1.54, 1.807) is 0 Å². The van der Waals surface area contributed by atoms with E-state index in [1.165, 1.54) is 14.7 Å². The average molecular weight is 315 g/mol. The number of amides is 3. The molecule has 0 aromatic carbocycles. The van der Waals surface area contributed by atoms with Crippen LogP contribution in [-0.4, -0.2) is 96.3 Å². The molecule has 22 heavy (non-hydrogen) atoms. The van der Waals surface area contributed by atoms with Crippen molar-refractivity contribution in [3.8, 4) is 0 Å². The summed E-state index contributed by atoms with van der Waals surface area (Å²) < 4.78 is 0. The van der Waals surface area contributed by atoms with Crippen molar-refractivity contribution in [3.63, 3.8) is 0 Å². The van der Waals surface area contributed by atoms with Crippen LogP contribution < -0.4 is 0 Å². The Morgan fingerprint density at radius 2 is 1.05 bits per heavy atom. The standard InChI is InChI=1S/C11H20N6O5/c18-9-13-1-3-14(10-19)5-7-16(17(22)12-21)8-6-15(11-20)4-2-13/h9-11,21H,1-8H2/p-1/b17-12-. The summed E-state index contributed by atoms with van der Waals surface area (Å²) in [7, 11) is 0. The molecule has 0 unspecified atom stereocenters. The average Bonchev–Trinajstić information content (AvgIpc) is 2.55. The van der Waals surface area contributed by atoms with E-state index in [-0.39, 0.29) is 31.1 Å². The third-order valence-electron chi connectivity index (χ3n) is 3.40. The zero-order chi connectivity index (χ0) is 16.4. The Hall–Kier alpha value is -2.59. The molecule has 124 valence electrons. The lowest BCUT2D eigenvalue weighted by molar-refractivity contribution is -0.690. The van der Waals surface area contributed by atoms with Crippen LogP contribution in [0.15, 0.2) is 5.28 Å². The van der Waals surface area contributed by atoms with Gasteiger partial charge in [0.1, 0.15) is 0 Å². The number of hydrogen-bond donors (Lipinski definition) is 0. The summed E-state index contributed by atoms with van der Waals surface area (Å²) in [4.78, 5) is 37.1. The molecule has 11 heteroatoms. The van der Waals surface area contributed by atoms with Crippen molar-refractivity contribution < 1.29 is 19.4 Å². The molecule has 0 N–H and O–H groups in total. The molecule has 0 radical (unpaired) electrons. The molecule has 0 saturated carbocycles. The Bertz CT molecular complexity index is 382. The number of carbonyl (C=O) groups excluding carboxylic acids is 3. The topological polar surface area (TPSA) is 126 Å². The van der Waals surface area contributed by atoms with Crippen molar-refractivity contribution in [2.75, 3.05) is 52.4 Å². The minimum Gasteiger partial charge on any atom is -0.737 e. The van der Waals surface area contributed by atoms with Gasteiger partial charge in [-0.05, 0) is 5.28 Å². The van der Waals surface area contributed by atoms with Crippen molar-refractivity contribution in [2.24, 2.45) is 5.28 Å². The molecular weight excluding hydrogens is 296 g/mol. The lowest BCUT2D eigenvalue weighted by Gasteiger charge is -2.29. The van der Waals surface area contributed by atoms with Gasteiger partial charge < -0.3 is 25.1 Å². The fraction of sp³-hybridized carbons (Fsp3) is 0.727. The molecule has 11 nitrogen and oxygen atoms in total. The van der Waals surface area contributed by atoms with E-state index in [2.05, 4.69) is 5.28 Å². The van der Waals surface area contributed by atoms with E-state index >= 15 is 0 Å². The lowest BCUT2D eigenvalue weighted by Crippen LogP contribution is -2.46. The fourth-order valence-corrected chi connectivity index (χ4v) is 1.99. The number of rotatable bonds is 4. The van der Waals surface area contributed by atoms with E-state index in [9.17, 15) is 24.8 Å². The summed E-state index contributed by atoms with van der Waals surface area (Å²) in [5.74, 6) is 0. The molecule has 1 aliphatic rings. The Labute approximate surface area is 127 Å². The van der Waals surface area contributed by atoms with Crippen LogP contribution >= 0.6 is 0 Å². The van der Waals surface area contributed by atoms with Crippen LogP contribution in [0.2, 0.25) is 0 Å². The van der Waals surface area contributed by atoms with E-state index in [0.29, 0.717) is 45.4 Å². The second-order valence-electron chi connectivity index (χ2n) is 4.71. The van der Waals surface area contributed by atoms with E-state index in [0.717, 1.165) is 5.01 Å². The number of carbonyl (C=O) groups is 3. The second-order valence-corrected chi connectivity index (χ2v) is 4.71. The first kappa shape index (κ1) is 17.5. The van der Waals surface area contributed by atoms with Crippen LogP contribution in [0.25, 0.3) is 0 Å². The zero-order valence-electron chi connectivity index (χ0n) is 12.1. The minimum atomic E-state index is -0.0878. The van der Waals surface area contributed by atoms with Crippen molar-refractivity contribution >= 4 is 19.2 Å². The van der Waals surface area contributed by atoms with Crippen LogP contribution in [0.5, 0.6) is 0 Å². The van der Waals surface area contributed by atoms with Crippen molar-refractivity contribution in [1.82, 2.24) is 19.7 Å². The summed E-state index contributed by atoms with van der Waals surface area (Å²) in [6, 6.07) is 0. The first-order valence-electron chi connectivity index (χ1n) is 6.78. The third kappa shape index (κ3) is 5.42. The summed E-state index contributed by atoms with van der Waals surface area (Å²) in [6.07, 6.45) is 1.90. The van der Waals surface area contributed by atoms with Crippen LogP contribution in [0.1, 0.15) is 0 Å². The molecule has 1 rings (SSSR count). The van der Waals surface area contributed by atoms with Gasteiger partial charge in [0.05, 0.1) is 13.1 Å².